The zero-order valence-electron chi connectivity index (χ0n) is 10.1. The number of nitrogens with zero attached hydrogens (tertiary/aromatic N) is 4. The summed E-state index contributed by atoms with van der Waals surface area (Å²) in [6, 6.07) is 11.7. The van der Waals surface area contributed by atoms with Gasteiger partial charge < -0.3 is 0 Å². The fourth-order valence-electron chi connectivity index (χ4n) is 2.02. The van der Waals surface area contributed by atoms with E-state index in [9.17, 15) is 0 Å². The van der Waals surface area contributed by atoms with Gasteiger partial charge in [-0.2, -0.15) is 5.26 Å². The molecule has 19 heavy (non-hydrogen) atoms. The SMILES string of the molecule is Cc1cc(Br)cc(-c2nnc3cc(C#N)ccn23)c1. The lowest BCUT2D eigenvalue weighted by atomic mass is 10.1. The van der Waals surface area contributed by atoms with Crippen molar-refractivity contribution in [2.24, 2.45) is 0 Å². The molecule has 3 rings (SSSR count). The fourth-order valence-corrected chi connectivity index (χ4v) is 2.63. The van der Waals surface area contributed by atoms with Gasteiger partial charge in [-0.15, -0.1) is 10.2 Å². The normalized spacial score (nSPS) is 10.6. The number of aryl methyl sites for hydroxylation is 1. The molecule has 0 radical (unpaired) electrons. The van der Waals surface area contributed by atoms with E-state index >= 15 is 0 Å². The van der Waals surface area contributed by atoms with Gasteiger partial charge in [-0.25, -0.2) is 0 Å². The average Bonchev–Trinajstić information content (AvgIpc) is 2.80. The van der Waals surface area contributed by atoms with Crippen LogP contribution < -0.4 is 0 Å². The van der Waals surface area contributed by atoms with Crippen LogP contribution in [0.3, 0.4) is 0 Å². The molecule has 0 aliphatic rings. The smallest absolute Gasteiger partial charge is 0.168 e. The number of hydrogen-bond acceptors (Lipinski definition) is 3. The molecule has 0 aliphatic carbocycles. The van der Waals surface area contributed by atoms with Crippen molar-refractivity contribution in [2.75, 3.05) is 0 Å². The summed E-state index contributed by atoms with van der Waals surface area (Å²) in [6.07, 6.45) is 1.82. The zero-order valence-corrected chi connectivity index (χ0v) is 11.7. The average molecular weight is 313 g/mol. The van der Waals surface area contributed by atoms with Gasteiger partial charge >= 0.3 is 0 Å². The molecule has 2 heterocycles. The Hall–Kier alpha value is -2.19. The number of aromatic nitrogens is 3. The number of benzene rings is 1. The summed E-state index contributed by atoms with van der Waals surface area (Å²) in [7, 11) is 0. The van der Waals surface area contributed by atoms with Crippen molar-refractivity contribution in [1.29, 1.82) is 5.26 Å². The number of hydrogen-bond donors (Lipinski definition) is 0. The third-order valence-corrected chi connectivity index (χ3v) is 3.30. The van der Waals surface area contributed by atoms with E-state index in [0.29, 0.717) is 11.2 Å². The van der Waals surface area contributed by atoms with Gasteiger partial charge in [-0.3, -0.25) is 4.40 Å². The summed E-state index contributed by atoms with van der Waals surface area (Å²) in [5.74, 6) is 0.767. The van der Waals surface area contributed by atoms with Gasteiger partial charge in [-0.05, 0) is 36.8 Å². The molecule has 3 aromatic rings. The van der Waals surface area contributed by atoms with Gasteiger partial charge in [0, 0.05) is 22.3 Å². The highest BCUT2D eigenvalue weighted by atomic mass is 79.9. The third-order valence-electron chi connectivity index (χ3n) is 2.84. The van der Waals surface area contributed by atoms with E-state index < -0.39 is 0 Å². The molecule has 0 atom stereocenters. The Bertz CT molecular complexity index is 794. The van der Waals surface area contributed by atoms with E-state index in [0.717, 1.165) is 21.4 Å². The van der Waals surface area contributed by atoms with Crippen molar-refractivity contribution in [2.45, 2.75) is 6.92 Å². The summed E-state index contributed by atoms with van der Waals surface area (Å²) in [5.41, 5.74) is 3.39. The minimum absolute atomic E-state index is 0.580. The molecule has 4 nitrogen and oxygen atoms in total. The molecule has 5 heteroatoms. The lowest BCUT2D eigenvalue weighted by Gasteiger charge is -2.03. The molecular weight excluding hydrogens is 304 g/mol. The fraction of sp³-hybridized carbons (Fsp3) is 0.0714. The molecular formula is C14H9BrN4. The van der Waals surface area contributed by atoms with Gasteiger partial charge in [0.05, 0.1) is 11.6 Å². The summed E-state index contributed by atoms with van der Waals surface area (Å²) in [5, 5.41) is 17.2. The van der Waals surface area contributed by atoms with E-state index in [1.165, 1.54) is 0 Å². The first-order valence-electron chi connectivity index (χ1n) is 5.70. The van der Waals surface area contributed by atoms with Crippen LogP contribution in [0.4, 0.5) is 0 Å². The Morgan fingerprint density at radius 3 is 2.79 bits per heavy atom. The lowest BCUT2D eigenvalue weighted by Crippen LogP contribution is -1.90. The van der Waals surface area contributed by atoms with E-state index in [1.54, 1.807) is 12.1 Å². The van der Waals surface area contributed by atoms with Crippen LogP contribution in [-0.4, -0.2) is 14.6 Å². The van der Waals surface area contributed by atoms with Crippen LogP contribution in [0.15, 0.2) is 41.0 Å². The van der Waals surface area contributed by atoms with Crippen molar-refractivity contribution in [1.82, 2.24) is 14.6 Å². The van der Waals surface area contributed by atoms with Gasteiger partial charge in [0.2, 0.25) is 0 Å². The predicted molar refractivity (Wildman–Crippen MR) is 75.6 cm³/mol. The molecule has 92 valence electrons. The highest BCUT2D eigenvalue weighted by Gasteiger charge is 2.09. The predicted octanol–water partition coefficient (Wildman–Crippen LogP) is 3.34. The zero-order chi connectivity index (χ0) is 13.4. The number of rotatable bonds is 1. The number of nitriles is 1. The van der Waals surface area contributed by atoms with E-state index in [4.69, 9.17) is 5.26 Å². The van der Waals surface area contributed by atoms with Crippen molar-refractivity contribution < 1.29 is 0 Å². The van der Waals surface area contributed by atoms with Crippen LogP contribution in [0.2, 0.25) is 0 Å². The number of fused-ring (bicyclic) bond motifs is 1. The Balaban J connectivity index is 2.23. The van der Waals surface area contributed by atoms with Crippen LogP contribution in [0.5, 0.6) is 0 Å². The van der Waals surface area contributed by atoms with Crippen LogP contribution in [0, 0.1) is 18.3 Å². The van der Waals surface area contributed by atoms with E-state index in [-0.39, 0.29) is 0 Å². The summed E-state index contributed by atoms with van der Waals surface area (Å²) >= 11 is 3.48. The topological polar surface area (TPSA) is 54.0 Å². The molecule has 2 aromatic heterocycles. The summed E-state index contributed by atoms with van der Waals surface area (Å²) in [4.78, 5) is 0. The Labute approximate surface area is 118 Å². The minimum Gasteiger partial charge on any atom is -0.282 e. The van der Waals surface area contributed by atoms with Gasteiger partial charge in [-0.1, -0.05) is 15.9 Å². The molecule has 0 spiro atoms. The minimum atomic E-state index is 0.580. The summed E-state index contributed by atoms with van der Waals surface area (Å²) < 4.78 is 2.88. The lowest BCUT2D eigenvalue weighted by molar-refractivity contribution is 1.11. The first kappa shape index (κ1) is 11.9. The van der Waals surface area contributed by atoms with E-state index in [2.05, 4.69) is 38.3 Å². The maximum absolute atomic E-state index is 8.88. The van der Waals surface area contributed by atoms with Crippen molar-refractivity contribution in [3.05, 3.63) is 52.1 Å². The Kier molecular flexibility index (Phi) is 2.80. The molecule has 0 saturated heterocycles. The highest BCUT2D eigenvalue weighted by Crippen LogP contribution is 2.24. The van der Waals surface area contributed by atoms with Crippen molar-refractivity contribution in [3.63, 3.8) is 0 Å². The first-order valence-corrected chi connectivity index (χ1v) is 6.49. The maximum Gasteiger partial charge on any atom is 0.168 e. The number of halogens is 1. The summed E-state index contributed by atoms with van der Waals surface area (Å²) in [6.45, 7) is 2.03. The Morgan fingerprint density at radius 1 is 1.21 bits per heavy atom. The molecule has 0 aliphatic heterocycles. The Morgan fingerprint density at radius 2 is 2.05 bits per heavy atom. The van der Waals surface area contributed by atoms with Gasteiger partial charge in [0.25, 0.3) is 0 Å². The molecule has 1 aromatic carbocycles. The van der Waals surface area contributed by atoms with Crippen LogP contribution in [0.25, 0.3) is 17.0 Å². The standard InChI is InChI=1S/C14H9BrN4/c1-9-4-11(7-12(15)5-9)14-18-17-13-6-10(8-16)2-3-19(13)14/h2-7H,1H3. The maximum atomic E-state index is 8.88. The highest BCUT2D eigenvalue weighted by molar-refractivity contribution is 9.10. The largest absolute Gasteiger partial charge is 0.282 e. The second-order valence-corrected chi connectivity index (χ2v) is 5.21. The second kappa shape index (κ2) is 4.48. The third kappa shape index (κ3) is 2.11. The molecule has 0 fully saturated rings. The molecule has 0 saturated carbocycles. The molecule has 0 N–H and O–H groups in total. The van der Waals surface area contributed by atoms with Crippen molar-refractivity contribution in [3.8, 4) is 17.5 Å². The van der Waals surface area contributed by atoms with E-state index in [1.807, 2.05) is 29.7 Å². The van der Waals surface area contributed by atoms with Crippen LogP contribution in [-0.2, 0) is 0 Å². The molecule has 0 amide bonds. The van der Waals surface area contributed by atoms with Gasteiger partial charge in [0.15, 0.2) is 11.5 Å². The second-order valence-electron chi connectivity index (χ2n) is 4.30. The van der Waals surface area contributed by atoms with Gasteiger partial charge in [0.1, 0.15) is 0 Å². The number of pyridine rings is 1. The quantitative estimate of drug-likeness (QED) is 0.692. The first-order chi connectivity index (χ1) is 9.17. The van der Waals surface area contributed by atoms with Crippen LogP contribution in [0.1, 0.15) is 11.1 Å². The monoisotopic (exact) mass is 312 g/mol. The van der Waals surface area contributed by atoms with Crippen LogP contribution >= 0.6 is 15.9 Å². The van der Waals surface area contributed by atoms with Crippen molar-refractivity contribution >= 4 is 21.6 Å². The molecule has 0 unspecified atom stereocenters. The molecule has 0 bridgehead atoms.